The molecule has 0 aromatic carbocycles. The number of carbonyl (C=O) groups excluding carboxylic acids is 1. The maximum atomic E-state index is 12.0. The number of ketones is 1. The van der Waals surface area contributed by atoms with E-state index in [4.69, 9.17) is 10.5 Å². The van der Waals surface area contributed by atoms with Crippen molar-refractivity contribution in [2.24, 2.45) is 11.7 Å². The summed E-state index contributed by atoms with van der Waals surface area (Å²) in [6.07, 6.45) is 6.93. The quantitative estimate of drug-likeness (QED) is 0.796. The van der Waals surface area contributed by atoms with Crippen LogP contribution in [0.2, 0.25) is 0 Å². The van der Waals surface area contributed by atoms with E-state index in [1.165, 1.54) is 6.42 Å². The fourth-order valence-electron chi connectivity index (χ4n) is 2.80. The first-order chi connectivity index (χ1) is 7.61. The first kappa shape index (κ1) is 12.1. The molecule has 1 saturated heterocycles. The molecule has 0 bridgehead atoms. The largest absolute Gasteiger partial charge is 0.375 e. The van der Waals surface area contributed by atoms with Crippen molar-refractivity contribution in [1.82, 2.24) is 0 Å². The minimum Gasteiger partial charge on any atom is -0.375 e. The minimum absolute atomic E-state index is 0.0902. The van der Waals surface area contributed by atoms with Crippen LogP contribution in [0.1, 0.15) is 51.9 Å². The van der Waals surface area contributed by atoms with E-state index in [2.05, 4.69) is 0 Å². The van der Waals surface area contributed by atoms with Crippen LogP contribution in [-0.2, 0) is 9.53 Å². The summed E-state index contributed by atoms with van der Waals surface area (Å²) in [5.74, 6) is 0.652. The van der Waals surface area contributed by atoms with Gasteiger partial charge in [0.05, 0.1) is 5.60 Å². The van der Waals surface area contributed by atoms with Gasteiger partial charge in [-0.15, -0.1) is 0 Å². The third-order valence-corrected chi connectivity index (χ3v) is 4.06. The number of hydrogen-bond donors (Lipinski definition) is 1. The molecule has 2 atom stereocenters. The molecule has 0 amide bonds. The van der Waals surface area contributed by atoms with E-state index in [0.717, 1.165) is 38.7 Å². The van der Waals surface area contributed by atoms with Gasteiger partial charge in [0.25, 0.3) is 0 Å². The van der Waals surface area contributed by atoms with Gasteiger partial charge in [0.2, 0.25) is 0 Å². The lowest BCUT2D eigenvalue weighted by atomic mass is 9.71. The monoisotopic (exact) mass is 225 g/mol. The summed E-state index contributed by atoms with van der Waals surface area (Å²) in [4.78, 5) is 12.0. The van der Waals surface area contributed by atoms with Crippen LogP contribution in [0.4, 0.5) is 0 Å². The molecular weight excluding hydrogens is 202 g/mol. The predicted octanol–water partition coefficient (Wildman–Crippen LogP) is 2.03. The average molecular weight is 225 g/mol. The summed E-state index contributed by atoms with van der Waals surface area (Å²) >= 11 is 0. The van der Waals surface area contributed by atoms with E-state index in [1.54, 1.807) is 0 Å². The molecule has 0 radical (unpaired) electrons. The molecule has 1 saturated carbocycles. The van der Waals surface area contributed by atoms with Crippen molar-refractivity contribution in [1.29, 1.82) is 0 Å². The molecular formula is C13H23NO2. The Morgan fingerprint density at radius 1 is 1.56 bits per heavy atom. The molecule has 2 rings (SSSR count). The number of ether oxygens (including phenoxy) is 1. The SMILES string of the molecule is CC(N)CCC(=O)C1CCOC2(CCC2)C1. The van der Waals surface area contributed by atoms with Crippen molar-refractivity contribution in [3.8, 4) is 0 Å². The standard InChI is InChI=1S/C13H23NO2/c1-10(14)3-4-12(15)11-5-8-16-13(9-11)6-2-7-13/h10-11H,2-9,14H2,1H3. The zero-order valence-corrected chi connectivity index (χ0v) is 10.2. The van der Waals surface area contributed by atoms with Crippen LogP contribution in [0, 0.1) is 5.92 Å². The lowest BCUT2D eigenvalue weighted by Crippen LogP contribution is -2.47. The van der Waals surface area contributed by atoms with Gasteiger partial charge in [-0.2, -0.15) is 0 Å². The maximum absolute atomic E-state index is 12.0. The van der Waals surface area contributed by atoms with Gasteiger partial charge in [-0.3, -0.25) is 4.79 Å². The van der Waals surface area contributed by atoms with Crippen LogP contribution in [0.5, 0.6) is 0 Å². The molecule has 1 heterocycles. The minimum atomic E-state index is 0.0902. The lowest BCUT2D eigenvalue weighted by Gasteiger charge is -2.46. The Labute approximate surface area is 97.7 Å². The molecule has 2 fully saturated rings. The van der Waals surface area contributed by atoms with Crippen LogP contribution in [0.15, 0.2) is 0 Å². The summed E-state index contributed by atoms with van der Waals surface area (Å²) in [5.41, 5.74) is 5.77. The van der Waals surface area contributed by atoms with Crippen LogP contribution in [0.25, 0.3) is 0 Å². The van der Waals surface area contributed by atoms with E-state index in [-0.39, 0.29) is 17.6 Å². The molecule has 92 valence electrons. The van der Waals surface area contributed by atoms with E-state index in [0.29, 0.717) is 12.2 Å². The highest BCUT2D eigenvalue weighted by molar-refractivity contribution is 5.81. The molecule has 0 aromatic heterocycles. The highest BCUT2D eigenvalue weighted by Gasteiger charge is 2.43. The van der Waals surface area contributed by atoms with Crippen molar-refractivity contribution < 1.29 is 9.53 Å². The molecule has 3 heteroatoms. The van der Waals surface area contributed by atoms with Gasteiger partial charge in [-0.1, -0.05) is 0 Å². The molecule has 2 aliphatic rings. The fraction of sp³-hybridized carbons (Fsp3) is 0.923. The Morgan fingerprint density at radius 3 is 2.88 bits per heavy atom. The molecule has 1 spiro atoms. The Bertz CT molecular complexity index is 259. The second-order valence-corrected chi connectivity index (χ2v) is 5.56. The van der Waals surface area contributed by atoms with Crippen molar-refractivity contribution >= 4 is 5.78 Å². The van der Waals surface area contributed by atoms with Gasteiger partial charge in [0, 0.05) is 25.0 Å². The number of rotatable bonds is 4. The van der Waals surface area contributed by atoms with Crippen molar-refractivity contribution in [2.45, 2.75) is 63.5 Å². The molecule has 1 aliphatic carbocycles. The van der Waals surface area contributed by atoms with Crippen LogP contribution >= 0.6 is 0 Å². The Morgan fingerprint density at radius 2 is 2.31 bits per heavy atom. The summed E-state index contributed by atoms with van der Waals surface area (Å²) < 4.78 is 5.83. The van der Waals surface area contributed by atoms with Gasteiger partial charge >= 0.3 is 0 Å². The van der Waals surface area contributed by atoms with Crippen molar-refractivity contribution in [3.63, 3.8) is 0 Å². The van der Waals surface area contributed by atoms with Gasteiger partial charge in [0.15, 0.2) is 0 Å². The Hall–Kier alpha value is -0.410. The van der Waals surface area contributed by atoms with Gasteiger partial charge in [-0.25, -0.2) is 0 Å². The topological polar surface area (TPSA) is 52.3 Å². The molecule has 2 unspecified atom stereocenters. The van der Waals surface area contributed by atoms with E-state index in [1.807, 2.05) is 6.92 Å². The molecule has 16 heavy (non-hydrogen) atoms. The molecule has 3 nitrogen and oxygen atoms in total. The Kier molecular flexibility index (Phi) is 3.65. The highest BCUT2D eigenvalue weighted by atomic mass is 16.5. The van der Waals surface area contributed by atoms with E-state index >= 15 is 0 Å². The van der Waals surface area contributed by atoms with Gasteiger partial charge in [-0.05, 0) is 45.4 Å². The van der Waals surface area contributed by atoms with Gasteiger partial charge in [0.1, 0.15) is 5.78 Å². The first-order valence-electron chi connectivity index (χ1n) is 6.54. The summed E-state index contributed by atoms with van der Waals surface area (Å²) in [6, 6.07) is 0.140. The van der Waals surface area contributed by atoms with E-state index < -0.39 is 0 Å². The van der Waals surface area contributed by atoms with Gasteiger partial charge < -0.3 is 10.5 Å². The smallest absolute Gasteiger partial charge is 0.136 e. The van der Waals surface area contributed by atoms with Crippen LogP contribution in [0.3, 0.4) is 0 Å². The normalized spacial score (nSPS) is 29.8. The predicted molar refractivity (Wildman–Crippen MR) is 63.1 cm³/mol. The molecule has 1 aliphatic heterocycles. The fourth-order valence-corrected chi connectivity index (χ4v) is 2.80. The zero-order valence-electron chi connectivity index (χ0n) is 10.2. The maximum Gasteiger partial charge on any atom is 0.136 e. The number of hydrogen-bond acceptors (Lipinski definition) is 3. The van der Waals surface area contributed by atoms with E-state index in [9.17, 15) is 4.79 Å². The number of carbonyl (C=O) groups is 1. The first-order valence-corrected chi connectivity index (χ1v) is 6.54. The zero-order chi connectivity index (χ0) is 11.6. The van der Waals surface area contributed by atoms with Crippen LogP contribution in [-0.4, -0.2) is 24.0 Å². The second kappa shape index (κ2) is 4.84. The van der Waals surface area contributed by atoms with Crippen molar-refractivity contribution in [2.75, 3.05) is 6.61 Å². The highest BCUT2D eigenvalue weighted by Crippen LogP contribution is 2.44. The Balaban J connectivity index is 1.82. The summed E-state index contributed by atoms with van der Waals surface area (Å²) in [5, 5.41) is 0. The second-order valence-electron chi connectivity index (χ2n) is 5.56. The van der Waals surface area contributed by atoms with Crippen LogP contribution < -0.4 is 5.73 Å². The van der Waals surface area contributed by atoms with Crippen molar-refractivity contribution in [3.05, 3.63) is 0 Å². The third kappa shape index (κ3) is 2.64. The average Bonchev–Trinajstić information content (AvgIpc) is 2.24. The number of Topliss-reactive ketones (excluding diaryl/α,β-unsaturated/α-hetero) is 1. The molecule has 0 aromatic rings. The summed E-state index contributed by atoms with van der Waals surface area (Å²) in [7, 11) is 0. The lowest BCUT2D eigenvalue weighted by molar-refractivity contribution is -0.155. The summed E-state index contributed by atoms with van der Waals surface area (Å²) in [6.45, 7) is 2.74. The number of nitrogens with two attached hydrogens (primary N) is 1. The molecule has 2 N–H and O–H groups in total. The third-order valence-electron chi connectivity index (χ3n) is 4.06.